The van der Waals surface area contributed by atoms with E-state index in [0.717, 1.165) is 45.9 Å². The van der Waals surface area contributed by atoms with Crippen LogP contribution in [-0.2, 0) is 6.42 Å². The van der Waals surface area contributed by atoms with Gasteiger partial charge in [-0.15, -0.1) is 10.2 Å². The Hall–Kier alpha value is -1.98. The monoisotopic (exact) mass is 438 g/mol. The predicted molar refractivity (Wildman–Crippen MR) is 128 cm³/mol. The van der Waals surface area contributed by atoms with Gasteiger partial charge in [-0.2, -0.15) is 0 Å². The maximum atomic E-state index is 6.25. The van der Waals surface area contributed by atoms with Crippen molar-refractivity contribution in [2.75, 3.05) is 11.4 Å². The van der Waals surface area contributed by atoms with Crippen LogP contribution in [0.1, 0.15) is 61.8 Å². The van der Waals surface area contributed by atoms with Crippen molar-refractivity contribution >= 4 is 49.7 Å². The first-order valence-electron chi connectivity index (χ1n) is 10.7. The summed E-state index contributed by atoms with van der Waals surface area (Å²) in [6.45, 7) is 12.5. The van der Waals surface area contributed by atoms with E-state index in [9.17, 15) is 0 Å². The van der Waals surface area contributed by atoms with Crippen LogP contribution < -0.4 is 4.90 Å². The summed E-state index contributed by atoms with van der Waals surface area (Å²) in [6.07, 6.45) is 3.48. The van der Waals surface area contributed by atoms with Gasteiger partial charge in [-0.25, -0.2) is 4.98 Å². The van der Waals surface area contributed by atoms with E-state index in [1.807, 2.05) is 13.0 Å². The second kappa shape index (κ2) is 7.03. The molecule has 0 bridgehead atoms. The van der Waals surface area contributed by atoms with Crippen LogP contribution in [0, 0.1) is 13.8 Å². The van der Waals surface area contributed by atoms with Crippen LogP contribution >= 0.6 is 22.9 Å². The van der Waals surface area contributed by atoms with Crippen molar-refractivity contribution < 1.29 is 0 Å². The van der Waals surface area contributed by atoms with Gasteiger partial charge < -0.3 is 4.90 Å². The molecular weight excluding hydrogens is 412 g/mol. The highest BCUT2D eigenvalue weighted by molar-refractivity contribution is 7.21. The van der Waals surface area contributed by atoms with Crippen molar-refractivity contribution in [2.45, 2.75) is 65.3 Å². The summed E-state index contributed by atoms with van der Waals surface area (Å²) in [5.74, 6) is 0.519. The molecule has 0 N–H and O–H groups in total. The standard InChI is InChI=1S/C24H27ClN4S/c1-13-9-21-20(11-18(13)25)26-23(30-21)28-27-19-10-17-14(2)12-24(4,5)29-8-6-7-16(15(19)3)22(17)29/h9-11,14H,6-8,12H2,1-5H3. The average Bonchev–Trinajstić information content (AvgIpc) is 3.07. The second-order valence-corrected chi connectivity index (χ2v) is 10.8. The zero-order valence-electron chi connectivity index (χ0n) is 18.2. The molecule has 5 rings (SSSR count). The van der Waals surface area contributed by atoms with Gasteiger partial charge in [-0.05, 0) is 93.3 Å². The van der Waals surface area contributed by atoms with E-state index in [0.29, 0.717) is 11.0 Å². The Morgan fingerprint density at radius 2 is 2.00 bits per heavy atom. The normalized spacial score (nSPS) is 20.2. The molecule has 156 valence electrons. The number of halogens is 1. The topological polar surface area (TPSA) is 40.9 Å². The van der Waals surface area contributed by atoms with Crippen molar-refractivity contribution in [2.24, 2.45) is 10.2 Å². The van der Waals surface area contributed by atoms with Crippen LogP contribution in [0.4, 0.5) is 16.5 Å². The summed E-state index contributed by atoms with van der Waals surface area (Å²) in [7, 11) is 0. The Bertz CT molecular complexity index is 1150. The maximum absolute atomic E-state index is 6.25. The molecule has 1 unspecified atom stereocenters. The largest absolute Gasteiger partial charge is 0.366 e. The number of hydrogen-bond acceptors (Lipinski definition) is 5. The van der Waals surface area contributed by atoms with Gasteiger partial charge in [0.25, 0.3) is 0 Å². The van der Waals surface area contributed by atoms with Gasteiger partial charge in [0.15, 0.2) is 0 Å². The third kappa shape index (κ3) is 3.14. The van der Waals surface area contributed by atoms with E-state index in [-0.39, 0.29) is 5.54 Å². The fourth-order valence-electron chi connectivity index (χ4n) is 5.21. The molecule has 2 aliphatic rings. The van der Waals surface area contributed by atoms with E-state index in [4.69, 9.17) is 11.6 Å². The molecule has 30 heavy (non-hydrogen) atoms. The minimum Gasteiger partial charge on any atom is -0.366 e. The van der Waals surface area contributed by atoms with Crippen LogP contribution in [0.3, 0.4) is 0 Å². The lowest BCUT2D eigenvalue weighted by molar-refractivity contribution is 0.366. The Morgan fingerprint density at radius 1 is 1.20 bits per heavy atom. The molecule has 2 aliphatic heterocycles. The minimum atomic E-state index is 0.206. The van der Waals surface area contributed by atoms with Crippen molar-refractivity contribution in [1.29, 1.82) is 0 Å². The second-order valence-electron chi connectivity index (χ2n) is 9.38. The van der Waals surface area contributed by atoms with Crippen LogP contribution in [0.15, 0.2) is 28.4 Å². The van der Waals surface area contributed by atoms with Crippen molar-refractivity contribution in [3.63, 3.8) is 0 Å². The van der Waals surface area contributed by atoms with Gasteiger partial charge in [0.2, 0.25) is 5.13 Å². The van der Waals surface area contributed by atoms with Crippen LogP contribution in [-0.4, -0.2) is 17.1 Å². The van der Waals surface area contributed by atoms with Crippen molar-refractivity contribution in [3.8, 4) is 0 Å². The summed E-state index contributed by atoms with van der Waals surface area (Å²) in [4.78, 5) is 7.25. The fraction of sp³-hybridized carbons (Fsp3) is 0.458. The van der Waals surface area contributed by atoms with Gasteiger partial charge in [0.05, 0.1) is 15.9 Å². The summed E-state index contributed by atoms with van der Waals surface area (Å²) in [5, 5.41) is 10.6. The number of anilines is 1. The van der Waals surface area contributed by atoms with Gasteiger partial charge in [-0.1, -0.05) is 29.9 Å². The van der Waals surface area contributed by atoms with Gasteiger partial charge >= 0.3 is 0 Å². The lowest BCUT2D eigenvalue weighted by Gasteiger charge is -2.50. The van der Waals surface area contributed by atoms with E-state index in [2.05, 4.69) is 59.9 Å². The molecule has 0 saturated heterocycles. The highest BCUT2D eigenvalue weighted by Gasteiger charge is 2.39. The Kier molecular flexibility index (Phi) is 4.67. The lowest BCUT2D eigenvalue weighted by Crippen LogP contribution is -2.50. The van der Waals surface area contributed by atoms with E-state index in [1.165, 1.54) is 28.8 Å². The molecule has 0 spiro atoms. The number of hydrogen-bond donors (Lipinski definition) is 0. The fourth-order valence-corrected chi connectivity index (χ4v) is 6.24. The van der Waals surface area contributed by atoms with E-state index >= 15 is 0 Å². The highest BCUT2D eigenvalue weighted by atomic mass is 35.5. The number of aromatic nitrogens is 1. The first-order valence-corrected chi connectivity index (χ1v) is 11.9. The number of nitrogens with zero attached hydrogens (tertiary/aromatic N) is 4. The molecule has 1 atom stereocenters. The van der Waals surface area contributed by atoms with Gasteiger partial charge in [-0.3, -0.25) is 0 Å². The van der Waals surface area contributed by atoms with Crippen LogP contribution in [0.5, 0.6) is 0 Å². The van der Waals surface area contributed by atoms with Gasteiger partial charge in [0, 0.05) is 22.8 Å². The van der Waals surface area contributed by atoms with E-state index < -0.39 is 0 Å². The Labute approximate surface area is 187 Å². The molecule has 3 heterocycles. The number of benzene rings is 2. The Morgan fingerprint density at radius 3 is 2.80 bits per heavy atom. The number of rotatable bonds is 2. The molecule has 0 amide bonds. The number of thiazole rings is 1. The lowest BCUT2D eigenvalue weighted by atomic mass is 9.76. The molecule has 0 radical (unpaired) electrons. The summed E-state index contributed by atoms with van der Waals surface area (Å²) >= 11 is 7.81. The zero-order valence-corrected chi connectivity index (χ0v) is 19.8. The van der Waals surface area contributed by atoms with Crippen molar-refractivity contribution in [3.05, 3.63) is 45.5 Å². The summed E-state index contributed by atoms with van der Waals surface area (Å²) < 4.78 is 1.09. The molecule has 4 nitrogen and oxygen atoms in total. The molecule has 0 aliphatic carbocycles. The van der Waals surface area contributed by atoms with Gasteiger partial charge in [0.1, 0.15) is 0 Å². The number of aryl methyl sites for hydroxylation is 1. The van der Waals surface area contributed by atoms with Crippen LogP contribution in [0.2, 0.25) is 5.02 Å². The molecule has 3 aromatic rings. The third-order valence-electron chi connectivity index (χ3n) is 6.73. The third-order valence-corrected chi connectivity index (χ3v) is 8.04. The SMILES string of the molecule is Cc1cc2sc(N=Nc3cc4c5c(c3C)CCCN5C(C)(C)CC4C)nc2cc1Cl. The molecule has 0 fully saturated rings. The molecular formula is C24H27ClN4S. The zero-order chi connectivity index (χ0) is 21.2. The Balaban J connectivity index is 1.57. The molecule has 6 heteroatoms. The van der Waals surface area contributed by atoms with Crippen molar-refractivity contribution in [1.82, 2.24) is 4.98 Å². The predicted octanol–water partition coefficient (Wildman–Crippen LogP) is 8.02. The first-order chi connectivity index (χ1) is 14.2. The first kappa shape index (κ1) is 20.0. The minimum absolute atomic E-state index is 0.206. The summed E-state index contributed by atoms with van der Waals surface area (Å²) in [5.41, 5.74) is 8.73. The van der Waals surface area contributed by atoms with E-state index in [1.54, 1.807) is 11.3 Å². The van der Waals surface area contributed by atoms with Crippen LogP contribution in [0.25, 0.3) is 10.2 Å². The maximum Gasteiger partial charge on any atom is 0.231 e. The number of azo groups is 1. The molecule has 0 saturated carbocycles. The quantitative estimate of drug-likeness (QED) is 0.380. The molecule has 1 aromatic heterocycles. The number of fused-ring (bicyclic) bond motifs is 1. The smallest absolute Gasteiger partial charge is 0.231 e. The molecule has 2 aromatic carbocycles. The average molecular weight is 439 g/mol. The highest BCUT2D eigenvalue weighted by Crippen LogP contribution is 2.50. The summed E-state index contributed by atoms with van der Waals surface area (Å²) in [6, 6.07) is 6.25.